The maximum absolute atomic E-state index is 12.7. The molecule has 36 heavy (non-hydrogen) atoms. The summed E-state index contributed by atoms with van der Waals surface area (Å²) in [4.78, 5) is 20.4. The van der Waals surface area contributed by atoms with E-state index in [0.717, 1.165) is 56.9 Å². The minimum Gasteiger partial charge on any atom is -0.495 e. The van der Waals surface area contributed by atoms with Crippen molar-refractivity contribution < 1.29 is 19.0 Å². The third-order valence-electron chi connectivity index (χ3n) is 8.44. The normalized spacial score (nSPS) is 27.2. The predicted molar refractivity (Wildman–Crippen MR) is 138 cm³/mol. The van der Waals surface area contributed by atoms with E-state index in [1.807, 2.05) is 18.2 Å². The molecule has 0 saturated carbocycles. The van der Waals surface area contributed by atoms with Gasteiger partial charge in [-0.3, -0.25) is 14.6 Å². The van der Waals surface area contributed by atoms with Crippen LogP contribution >= 0.6 is 0 Å². The number of anilines is 1. The second-order valence-electron chi connectivity index (χ2n) is 10.4. The number of piperazine rings is 1. The second-order valence-corrected chi connectivity index (χ2v) is 10.4. The summed E-state index contributed by atoms with van der Waals surface area (Å²) in [5.74, 6) is 3.73. The molecular formula is C28H36N4O4. The largest absolute Gasteiger partial charge is 0.495 e. The average molecular weight is 493 g/mol. The number of methoxy groups -OCH3 is 1. The Morgan fingerprint density at radius 3 is 2.69 bits per heavy atom. The number of amides is 1. The van der Waals surface area contributed by atoms with Crippen LogP contribution in [0.4, 0.5) is 5.69 Å². The summed E-state index contributed by atoms with van der Waals surface area (Å²) in [6.45, 7) is 8.65. The second kappa shape index (κ2) is 10.2. The van der Waals surface area contributed by atoms with Gasteiger partial charge in [0.15, 0.2) is 11.5 Å². The maximum Gasteiger partial charge on any atom is 0.251 e. The van der Waals surface area contributed by atoms with Crippen molar-refractivity contribution in [2.75, 3.05) is 71.2 Å². The molecule has 0 spiro atoms. The van der Waals surface area contributed by atoms with Crippen LogP contribution in [-0.2, 0) is 0 Å². The third kappa shape index (κ3) is 4.72. The number of nitrogens with zero attached hydrogens (tertiary/aromatic N) is 3. The number of piperidine rings is 3. The third-order valence-corrected chi connectivity index (χ3v) is 8.44. The molecule has 0 aliphatic carbocycles. The number of para-hydroxylation sites is 2. The van der Waals surface area contributed by atoms with Gasteiger partial charge in [-0.2, -0.15) is 0 Å². The minimum atomic E-state index is -0.0413. The van der Waals surface area contributed by atoms with E-state index in [1.54, 1.807) is 19.2 Å². The van der Waals surface area contributed by atoms with Crippen LogP contribution in [0.3, 0.4) is 0 Å². The molecule has 8 heteroatoms. The van der Waals surface area contributed by atoms with E-state index in [2.05, 4.69) is 32.1 Å². The van der Waals surface area contributed by atoms with Crippen LogP contribution in [-0.4, -0.2) is 88.0 Å². The SMILES string of the molecule is COc1ccccc1N1CCN(CC2CN3CCC2CC3CNC(=O)c2ccc3c(c2)OCO3)CC1. The highest BCUT2D eigenvalue weighted by Crippen LogP contribution is 2.37. The Hall–Kier alpha value is -2.97. The van der Waals surface area contributed by atoms with Crippen LogP contribution in [0.1, 0.15) is 23.2 Å². The highest BCUT2D eigenvalue weighted by molar-refractivity contribution is 5.94. The standard InChI is InChI=1S/C28H36N4O4/c1-34-25-5-3-2-4-24(25)31-12-10-30(11-13-31)17-22-18-32-9-8-20(22)14-23(32)16-29-28(33)21-6-7-26-27(15-21)36-19-35-26/h2-7,15,20,22-23H,8-14,16-19H2,1H3,(H,29,33). The fourth-order valence-electron chi connectivity index (χ4n) is 6.41. The van der Waals surface area contributed by atoms with Crippen molar-refractivity contribution in [3.8, 4) is 17.2 Å². The van der Waals surface area contributed by atoms with Crippen LogP contribution in [0.15, 0.2) is 42.5 Å². The van der Waals surface area contributed by atoms with Gasteiger partial charge in [-0.05, 0) is 61.6 Å². The quantitative estimate of drug-likeness (QED) is 0.638. The zero-order valence-corrected chi connectivity index (χ0v) is 21.0. The van der Waals surface area contributed by atoms with Gasteiger partial charge in [-0.15, -0.1) is 0 Å². The van der Waals surface area contributed by atoms with Gasteiger partial charge in [0.2, 0.25) is 6.79 Å². The highest BCUT2D eigenvalue weighted by atomic mass is 16.7. The van der Waals surface area contributed by atoms with Crippen molar-refractivity contribution in [2.24, 2.45) is 11.8 Å². The lowest BCUT2D eigenvalue weighted by Gasteiger charge is -2.51. The number of hydrogen-bond acceptors (Lipinski definition) is 7. The molecule has 5 aliphatic rings. The topological polar surface area (TPSA) is 66.5 Å². The monoisotopic (exact) mass is 492 g/mol. The molecule has 5 heterocycles. The summed E-state index contributed by atoms with van der Waals surface area (Å²) in [7, 11) is 1.75. The number of fused-ring (bicyclic) bond motifs is 4. The Morgan fingerprint density at radius 1 is 1.06 bits per heavy atom. The number of ether oxygens (including phenoxy) is 3. The van der Waals surface area contributed by atoms with E-state index >= 15 is 0 Å². The molecule has 2 aromatic carbocycles. The first kappa shape index (κ1) is 23.4. The van der Waals surface area contributed by atoms with Gasteiger partial charge in [0.25, 0.3) is 5.91 Å². The number of nitrogens with one attached hydrogen (secondary N) is 1. The lowest BCUT2D eigenvalue weighted by atomic mass is 9.75. The number of hydrogen-bond donors (Lipinski definition) is 1. The van der Waals surface area contributed by atoms with Crippen LogP contribution in [0.25, 0.3) is 0 Å². The van der Waals surface area contributed by atoms with Gasteiger partial charge in [0.1, 0.15) is 5.75 Å². The summed E-state index contributed by atoms with van der Waals surface area (Å²) in [6, 6.07) is 14.1. The Balaban J connectivity index is 0.981. The van der Waals surface area contributed by atoms with Crippen molar-refractivity contribution in [1.82, 2.24) is 15.1 Å². The predicted octanol–water partition coefficient (Wildman–Crippen LogP) is 2.69. The lowest BCUT2D eigenvalue weighted by molar-refractivity contribution is -0.0120. The molecule has 0 radical (unpaired) electrons. The average Bonchev–Trinajstić information content (AvgIpc) is 3.41. The van der Waals surface area contributed by atoms with Crippen LogP contribution < -0.4 is 24.4 Å². The molecule has 4 atom stereocenters. The summed E-state index contributed by atoms with van der Waals surface area (Å²) < 4.78 is 16.3. The van der Waals surface area contributed by atoms with E-state index in [9.17, 15) is 4.79 Å². The van der Waals surface area contributed by atoms with Crippen molar-refractivity contribution in [3.63, 3.8) is 0 Å². The molecule has 1 amide bonds. The van der Waals surface area contributed by atoms with Crippen molar-refractivity contribution in [1.29, 1.82) is 0 Å². The van der Waals surface area contributed by atoms with Crippen molar-refractivity contribution in [2.45, 2.75) is 18.9 Å². The Bertz CT molecular complexity index is 1090. The van der Waals surface area contributed by atoms with Gasteiger partial charge in [0, 0.05) is 57.4 Å². The molecule has 4 saturated heterocycles. The molecule has 0 aromatic heterocycles. The number of rotatable bonds is 7. The fraction of sp³-hybridized carbons (Fsp3) is 0.536. The molecular weight excluding hydrogens is 456 g/mol. The Labute approximate surface area is 213 Å². The molecule has 2 aromatic rings. The summed E-state index contributed by atoms with van der Waals surface area (Å²) in [5.41, 5.74) is 1.83. The molecule has 2 bridgehead atoms. The number of carbonyl (C=O) groups excluding carboxylic acids is 1. The van der Waals surface area contributed by atoms with Crippen LogP contribution in [0.5, 0.6) is 17.2 Å². The molecule has 7 rings (SSSR count). The Morgan fingerprint density at radius 2 is 1.89 bits per heavy atom. The van der Waals surface area contributed by atoms with Crippen LogP contribution in [0, 0.1) is 11.8 Å². The molecule has 8 nitrogen and oxygen atoms in total. The number of benzene rings is 2. The molecule has 1 N–H and O–H groups in total. The maximum atomic E-state index is 12.7. The lowest BCUT2D eigenvalue weighted by Crippen LogP contribution is -2.59. The van der Waals surface area contributed by atoms with E-state index in [1.165, 1.54) is 25.1 Å². The van der Waals surface area contributed by atoms with E-state index in [4.69, 9.17) is 14.2 Å². The highest BCUT2D eigenvalue weighted by Gasteiger charge is 2.40. The zero-order valence-electron chi connectivity index (χ0n) is 21.0. The zero-order chi connectivity index (χ0) is 24.5. The van der Waals surface area contributed by atoms with Crippen molar-refractivity contribution in [3.05, 3.63) is 48.0 Å². The van der Waals surface area contributed by atoms with Crippen molar-refractivity contribution >= 4 is 11.6 Å². The van der Waals surface area contributed by atoms with Crippen LogP contribution in [0.2, 0.25) is 0 Å². The first-order chi connectivity index (χ1) is 17.7. The molecule has 4 fully saturated rings. The van der Waals surface area contributed by atoms with Gasteiger partial charge in [-0.1, -0.05) is 12.1 Å². The summed E-state index contributed by atoms with van der Waals surface area (Å²) >= 11 is 0. The molecule has 4 unspecified atom stereocenters. The smallest absolute Gasteiger partial charge is 0.251 e. The van der Waals surface area contributed by atoms with E-state index in [-0.39, 0.29) is 12.7 Å². The first-order valence-corrected chi connectivity index (χ1v) is 13.2. The fourth-order valence-corrected chi connectivity index (χ4v) is 6.41. The van der Waals surface area contributed by atoms with Gasteiger partial charge in [0.05, 0.1) is 12.8 Å². The van der Waals surface area contributed by atoms with Gasteiger partial charge < -0.3 is 24.4 Å². The number of carbonyl (C=O) groups is 1. The van der Waals surface area contributed by atoms with Gasteiger partial charge >= 0.3 is 0 Å². The van der Waals surface area contributed by atoms with E-state index in [0.29, 0.717) is 29.6 Å². The van der Waals surface area contributed by atoms with E-state index < -0.39 is 0 Å². The minimum absolute atomic E-state index is 0.0413. The first-order valence-electron chi connectivity index (χ1n) is 13.2. The molecule has 5 aliphatic heterocycles. The Kier molecular flexibility index (Phi) is 6.63. The summed E-state index contributed by atoms with van der Waals surface area (Å²) in [5, 5.41) is 3.17. The summed E-state index contributed by atoms with van der Waals surface area (Å²) in [6.07, 6.45) is 2.45. The van der Waals surface area contributed by atoms with Gasteiger partial charge in [-0.25, -0.2) is 0 Å². The molecule has 192 valence electrons.